The molecule has 0 amide bonds. The molecular weight excluding hydrogens is 182 g/mol. The summed E-state index contributed by atoms with van der Waals surface area (Å²) in [7, 11) is 0. The van der Waals surface area contributed by atoms with Crippen molar-refractivity contribution in [3.63, 3.8) is 0 Å². The molecule has 0 aromatic heterocycles. The molecule has 2 fully saturated rings. The first-order chi connectivity index (χ1) is 7.25. The van der Waals surface area contributed by atoms with Gasteiger partial charge in [-0.1, -0.05) is 45.4 Å². The average molecular weight is 209 g/mol. The lowest BCUT2D eigenvalue weighted by atomic mass is 9.73. The summed E-state index contributed by atoms with van der Waals surface area (Å²) in [6, 6.07) is 0.509. The van der Waals surface area contributed by atoms with Crippen LogP contribution in [0.15, 0.2) is 0 Å². The smallest absolute Gasteiger partial charge is 0.00415 e. The molecule has 4 atom stereocenters. The fourth-order valence-corrected chi connectivity index (χ4v) is 3.77. The molecule has 2 aliphatic carbocycles. The van der Waals surface area contributed by atoms with Gasteiger partial charge in [0.25, 0.3) is 0 Å². The van der Waals surface area contributed by atoms with Gasteiger partial charge in [-0.05, 0) is 37.0 Å². The van der Waals surface area contributed by atoms with E-state index < -0.39 is 0 Å². The quantitative estimate of drug-likeness (QED) is 0.654. The number of nitrogens with two attached hydrogens (primary N) is 1. The molecule has 4 unspecified atom stereocenters. The fraction of sp³-hybridized carbons (Fsp3) is 1.00. The summed E-state index contributed by atoms with van der Waals surface area (Å²) >= 11 is 0. The second-order valence-electron chi connectivity index (χ2n) is 6.07. The van der Waals surface area contributed by atoms with Crippen LogP contribution in [0.3, 0.4) is 0 Å². The lowest BCUT2D eigenvalue weighted by Crippen LogP contribution is -2.27. The zero-order valence-corrected chi connectivity index (χ0v) is 10.3. The van der Waals surface area contributed by atoms with Crippen LogP contribution in [0.25, 0.3) is 0 Å². The Kier molecular flexibility index (Phi) is 4.07. The molecule has 0 aromatic carbocycles. The normalized spacial score (nSPS) is 43.6. The highest BCUT2D eigenvalue weighted by atomic mass is 14.6. The Morgan fingerprint density at radius 3 is 2.27 bits per heavy atom. The summed E-state index contributed by atoms with van der Waals surface area (Å²) in [5.41, 5.74) is 6.17. The van der Waals surface area contributed by atoms with E-state index in [9.17, 15) is 0 Å². The van der Waals surface area contributed by atoms with E-state index in [1.54, 1.807) is 0 Å². The van der Waals surface area contributed by atoms with Crippen LogP contribution in [0.2, 0.25) is 0 Å². The Morgan fingerprint density at radius 1 is 0.800 bits per heavy atom. The summed E-state index contributed by atoms with van der Waals surface area (Å²) in [6.07, 6.45) is 12.8. The third kappa shape index (κ3) is 3.21. The van der Waals surface area contributed by atoms with E-state index in [1.165, 1.54) is 57.8 Å². The number of rotatable bonds is 1. The predicted octanol–water partition coefficient (Wildman–Crippen LogP) is 3.72. The monoisotopic (exact) mass is 209 g/mol. The highest BCUT2D eigenvalue weighted by Gasteiger charge is 2.28. The van der Waals surface area contributed by atoms with Gasteiger partial charge in [0.05, 0.1) is 0 Å². The molecule has 1 heteroatoms. The van der Waals surface area contributed by atoms with Crippen LogP contribution in [0.4, 0.5) is 0 Å². The molecule has 0 saturated heterocycles. The highest BCUT2D eigenvalue weighted by molar-refractivity contribution is 4.81. The minimum Gasteiger partial charge on any atom is -0.328 e. The van der Waals surface area contributed by atoms with E-state index in [0.29, 0.717) is 6.04 Å². The first-order valence-corrected chi connectivity index (χ1v) is 7.01. The van der Waals surface area contributed by atoms with Crippen molar-refractivity contribution in [3.8, 4) is 0 Å². The van der Waals surface area contributed by atoms with Gasteiger partial charge in [-0.3, -0.25) is 0 Å². The summed E-state index contributed by atoms with van der Waals surface area (Å²) in [6.45, 7) is 2.43. The second kappa shape index (κ2) is 5.34. The Labute approximate surface area is 94.8 Å². The molecule has 2 saturated carbocycles. The van der Waals surface area contributed by atoms with Crippen LogP contribution in [0.5, 0.6) is 0 Å². The standard InChI is InChI=1S/C14H27N/c1-11-5-4-7-12(9-11)13-6-2-3-8-14(15)10-13/h11-14H,2-10,15H2,1H3. The lowest BCUT2D eigenvalue weighted by molar-refractivity contribution is 0.184. The van der Waals surface area contributed by atoms with Gasteiger partial charge in [0.15, 0.2) is 0 Å². The largest absolute Gasteiger partial charge is 0.328 e. The Bertz CT molecular complexity index is 190. The summed E-state index contributed by atoms with van der Waals surface area (Å²) in [5, 5.41) is 0. The zero-order chi connectivity index (χ0) is 10.7. The van der Waals surface area contributed by atoms with Crippen molar-refractivity contribution in [1.29, 1.82) is 0 Å². The van der Waals surface area contributed by atoms with Crippen molar-refractivity contribution in [1.82, 2.24) is 0 Å². The van der Waals surface area contributed by atoms with Crippen LogP contribution >= 0.6 is 0 Å². The molecular formula is C14H27N. The molecule has 0 radical (unpaired) electrons. The first-order valence-electron chi connectivity index (χ1n) is 7.01. The molecule has 0 aromatic rings. The van der Waals surface area contributed by atoms with E-state index in [4.69, 9.17) is 5.73 Å². The van der Waals surface area contributed by atoms with Crippen LogP contribution < -0.4 is 5.73 Å². The molecule has 0 aliphatic heterocycles. The minimum atomic E-state index is 0.509. The minimum absolute atomic E-state index is 0.509. The topological polar surface area (TPSA) is 26.0 Å². The summed E-state index contributed by atoms with van der Waals surface area (Å²) < 4.78 is 0. The van der Waals surface area contributed by atoms with Crippen molar-refractivity contribution >= 4 is 0 Å². The summed E-state index contributed by atoms with van der Waals surface area (Å²) in [4.78, 5) is 0. The maximum absolute atomic E-state index is 6.17. The van der Waals surface area contributed by atoms with E-state index in [0.717, 1.165) is 17.8 Å². The van der Waals surface area contributed by atoms with Gasteiger partial charge < -0.3 is 5.73 Å². The van der Waals surface area contributed by atoms with Gasteiger partial charge in [-0.15, -0.1) is 0 Å². The maximum Gasteiger partial charge on any atom is 0.00415 e. The SMILES string of the molecule is CC1CCCC(C2CCCCC(N)C2)C1. The van der Waals surface area contributed by atoms with E-state index in [2.05, 4.69) is 6.92 Å². The van der Waals surface area contributed by atoms with Crippen LogP contribution in [-0.4, -0.2) is 6.04 Å². The Morgan fingerprint density at radius 2 is 1.47 bits per heavy atom. The fourth-order valence-electron chi connectivity index (χ4n) is 3.77. The average Bonchev–Trinajstić information content (AvgIpc) is 2.43. The van der Waals surface area contributed by atoms with Gasteiger partial charge in [0, 0.05) is 6.04 Å². The highest BCUT2D eigenvalue weighted by Crippen LogP contribution is 2.39. The van der Waals surface area contributed by atoms with E-state index >= 15 is 0 Å². The van der Waals surface area contributed by atoms with Crippen molar-refractivity contribution in [3.05, 3.63) is 0 Å². The lowest BCUT2D eigenvalue weighted by Gasteiger charge is -2.33. The van der Waals surface area contributed by atoms with E-state index in [-0.39, 0.29) is 0 Å². The number of hydrogen-bond donors (Lipinski definition) is 1. The molecule has 2 N–H and O–H groups in total. The first kappa shape index (κ1) is 11.4. The molecule has 2 aliphatic rings. The number of hydrogen-bond acceptors (Lipinski definition) is 1. The predicted molar refractivity (Wildman–Crippen MR) is 65.7 cm³/mol. The van der Waals surface area contributed by atoms with Gasteiger partial charge in [-0.25, -0.2) is 0 Å². The molecule has 0 spiro atoms. The molecule has 88 valence electrons. The molecule has 15 heavy (non-hydrogen) atoms. The van der Waals surface area contributed by atoms with Crippen molar-refractivity contribution in [2.75, 3.05) is 0 Å². The third-order valence-electron chi connectivity index (χ3n) is 4.65. The molecule has 0 heterocycles. The van der Waals surface area contributed by atoms with Gasteiger partial charge in [0.2, 0.25) is 0 Å². The molecule has 2 rings (SSSR count). The third-order valence-corrected chi connectivity index (χ3v) is 4.65. The zero-order valence-electron chi connectivity index (χ0n) is 10.3. The second-order valence-corrected chi connectivity index (χ2v) is 6.07. The molecule has 1 nitrogen and oxygen atoms in total. The molecule has 0 bridgehead atoms. The van der Waals surface area contributed by atoms with Crippen molar-refractivity contribution in [2.45, 2.75) is 70.8 Å². The van der Waals surface area contributed by atoms with Crippen molar-refractivity contribution < 1.29 is 0 Å². The van der Waals surface area contributed by atoms with Crippen LogP contribution in [0, 0.1) is 17.8 Å². The van der Waals surface area contributed by atoms with Gasteiger partial charge >= 0.3 is 0 Å². The maximum atomic E-state index is 6.17. The van der Waals surface area contributed by atoms with Gasteiger partial charge in [-0.2, -0.15) is 0 Å². The van der Waals surface area contributed by atoms with E-state index in [1.807, 2.05) is 0 Å². The van der Waals surface area contributed by atoms with Gasteiger partial charge in [0.1, 0.15) is 0 Å². The summed E-state index contributed by atoms with van der Waals surface area (Å²) in [5.74, 6) is 2.95. The van der Waals surface area contributed by atoms with Crippen molar-refractivity contribution in [2.24, 2.45) is 23.5 Å². The Balaban J connectivity index is 1.89. The Hall–Kier alpha value is -0.0400. The van der Waals surface area contributed by atoms with Crippen LogP contribution in [-0.2, 0) is 0 Å². The van der Waals surface area contributed by atoms with Crippen LogP contribution in [0.1, 0.15) is 64.7 Å².